The Morgan fingerprint density at radius 2 is 2.06 bits per heavy atom. The predicted molar refractivity (Wildman–Crippen MR) is 125 cm³/mol. The van der Waals surface area contributed by atoms with E-state index in [1.54, 1.807) is 12.1 Å². The van der Waals surface area contributed by atoms with Gasteiger partial charge in [-0.15, -0.1) is 0 Å². The molecule has 158 valence electrons. The van der Waals surface area contributed by atoms with E-state index in [0.29, 0.717) is 17.1 Å². The van der Waals surface area contributed by atoms with Gasteiger partial charge in [0.2, 0.25) is 5.91 Å². The Balaban J connectivity index is 1.52. The quantitative estimate of drug-likeness (QED) is 0.578. The Labute approximate surface area is 186 Å². The largest absolute Gasteiger partial charge is 0.338 e. The van der Waals surface area contributed by atoms with Gasteiger partial charge < -0.3 is 14.8 Å². The van der Waals surface area contributed by atoms with Crippen LogP contribution in [0.25, 0.3) is 22.6 Å². The molecule has 2 aliphatic heterocycles. The molecule has 1 aromatic heterocycles. The van der Waals surface area contributed by atoms with E-state index in [1.807, 2.05) is 52.1 Å². The summed E-state index contributed by atoms with van der Waals surface area (Å²) in [6, 6.07) is 13.7. The van der Waals surface area contributed by atoms with Gasteiger partial charge in [-0.3, -0.25) is 9.59 Å². The summed E-state index contributed by atoms with van der Waals surface area (Å²) in [6.07, 6.45) is 7.20. The first-order valence-corrected chi connectivity index (χ1v) is 11.1. The Hall–Kier alpha value is -3.05. The lowest BCUT2D eigenvalue weighted by Gasteiger charge is -2.33. The van der Waals surface area contributed by atoms with Gasteiger partial charge in [-0.05, 0) is 50.5 Å². The summed E-state index contributed by atoms with van der Waals surface area (Å²) >= 11 is 6.07. The third kappa shape index (κ3) is 3.63. The van der Waals surface area contributed by atoms with Crippen molar-refractivity contribution >= 4 is 51.7 Å². The van der Waals surface area contributed by atoms with Gasteiger partial charge in [0, 0.05) is 51.4 Å². The van der Waals surface area contributed by atoms with E-state index in [4.69, 9.17) is 11.6 Å². The molecule has 5 nitrogen and oxygen atoms in total. The van der Waals surface area contributed by atoms with E-state index in [1.165, 1.54) is 6.42 Å². The van der Waals surface area contributed by atoms with E-state index in [0.717, 1.165) is 47.1 Å². The molecule has 1 unspecified atom stereocenters. The monoisotopic (exact) mass is 433 g/mol. The topological polar surface area (TPSA) is 54.3 Å². The molecular formula is C25H24ClN3O2. The average molecular weight is 434 g/mol. The molecule has 2 aromatic carbocycles. The van der Waals surface area contributed by atoms with Crippen molar-refractivity contribution < 1.29 is 9.59 Å². The number of fused-ring (bicyclic) bond motifs is 2. The van der Waals surface area contributed by atoms with E-state index in [2.05, 4.69) is 12.2 Å². The number of nitrogens with one attached hydrogen (secondary N) is 1. The van der Waals surface area contributed by atoms with Gasteiger partial charge in [0.25, 0.3) is 5.91 Å². The highest BCUT2D eigenvalue weighted by atomic mass is 35.5. The number of anilines is 1. The molecule has 5 rings (SSSR count). The molecule has 0 bridgehead atoms. The van der Waals surface area contributed by atoms with Crippen LogP contribution in [0, 0.1) is 0 Å². The SMILES string of the molecule is CC1CCCCN1C(=O)Cn1cc(/C=C2/C(=O)Nc3cc(Cl)ccc32)c2ccccc21. The van der Waals surface area contributed by atoms with Gasteiger partial charge in [-0.1, -0.05) is 35.9 Å². The van der Waals surface area contributed by atoms with Gasteiger partial charge in [-0.2, -0.15) is 0 Å². The number of halogens is 1. The Kier molecular flexibility index (Phi) is 5.06. The highest BCUT2D eigenvalue weighted by molar-refractivity contribution is 6.36. The second kappa shape index (κ2) is 7.89. The molecule has 3 aromatic rings. The molecule has 1 saturated heterocycles. The minimum absolute atomic E-state index is 0.144. The highest BCUT2D eigenvalue weighted by Crippen LogP contribution is 2.36. The Bertz CT molecular complexity index is 1230. The number of carbonyl (C=O) groups is 2. The number of benzene rings is 2. The maximum Gasteiger partial charge on any atom is 0.256 e. The molecule has 3 heterocycles. The second-order valence-electron chi connectivity index (χ2n) is 8.36. The number of carbonyl (C=O) groups excluding carboxylic acids is 2. The summed E-state index contributed by atoms with van der Waals surface area (Å²) in [6.45, 7) is 3.26. The van der Waals surface area contributed by atoms with Crippen molar-refractivity contribution in [1.82, 2.24) is 9.47 Å². The number of aromatic nitrogens is 1. The zero-order chi connectivity index (χ0) is 21.5. The zero-order valence-electron chi connectivity index (χ0n) is 17.4. The summed E-state index contributed by atoms with van der Waals surface area (Å²) in [4.78, 5) is 27.7. The summed E-state index contributed by atoms with van der Waals surface area (Å²) in [5, 5.41) is 4.49. The Morgan fingerprint density at radius 1 is 1.23 bits per heavy atom. The van der Waals surface area contributed by atoms with Gasteiger partial charge in [0.15, 0.2) is 0 Å². The number of para-hydroxylation sites is 1. The first kappa shape index (κ1) is 19.9. The van der Waals surface area contributed by atoms with Crippen LogP contribution in [0.5, 0.6) is 0 Å². The van der Waals surface area contributed by atoms with Crippen LogP contribution in [-0.2, 0) is 16.1 Å². The zero-order valence-corrected chi connectivity index (χ0v) is 18.2. The maximum absolute atomic E-state index is 13.0. The third-order valence-corrected chi connectivity index (χ3v) is 6.55. The number of hydrogen-bond donors (Lipinski definition) is 1. The van der Waals surface area contributed by atoms with Crippen molar-refractivity contribution in [3.05, 3.63) is 64.8 Å². The lowest BCUT2D eigenvalue weighted by atomic mass is 10.0. The van der Waals surface area contributed by atoms with E-state index >= 15 is 0 Å². The van der Waals surface area contributed by atoms with Gasteiger partial charge >= 0.3 is 0 Å². The number of amides is 2. The number of likely N-dealkylation sites (tertiary alicyclic amines) is 1. The number of rotatable bonds is 3. The highest BCUT2D eigenvalue weighted by Gasteiger charge is 2.26. The van der Waals surface area contributed by atoms with Crippen LogP contribution in [0.1, 0.15) is 37.3 Å². The molecule has 2 aliphatic rings. The normalized spacial score (nSPS) is 19.7. The van der Waals surface area contributed by atoms with Gasteiger partial charge in [0.05, 0.1) is 5.69 Å². The number of nitrogens with zero attached hydrogens (tertiary/aromatic N) is 2. The van der Waals surface area contributed by atoms with Crippen LogP contribution in [0.15, 0.2) is 48.7 Å². The fraction of sp³-hybridized carbons (Fsp3) is 0.280. The van der Waals surface area contributed by atoms with E-state index < -0.39 is 0 Å². The minimum Gasteiger partial charge on any atom is -0.338 e. The first-order valence-electron chi connectivity index (χ1n) is 10.7. The van der Waals surface area contributed by atoms with Crippen molar-refractivity contribution in [2.24, 2.45) is 0 Å². The summed E-state index contributed by atoms with van der Waals surface area (Å²) in [7, 11) is 0. The van der Waals surface area contributed by atoms with Crippen molar-refractivity contribution in [3.8, 4) is 0 Å². The lowest BCUT2D eigenvalue weighted by molar-refractivity contribution is -0.135. The predicted octanol–water partition coefficient (Wildman–Crippen LogP) is 5.19. The van der Waals surface area contributed by atoms with Crippen molar-refractivity contribution in [2.45, 2.75) is 38.8 Å². The van der Waals surface area contributed by atoms with Gasteiger partial charge in [0.1, 0.15) is 6.54 Å². The number of piperidine rings is 1. The van der Waals surface area contributed by atoms with Crippen LogP contribution < -0.4 is 5.32 Å². The first-order chi connectivity index (χ1) is 15.0. The standard InChI is InChI=1S/C25H24ClN3O2/c1-16-6-4-5-11-29(16)24(30)15-28-14-17(19-7-2-3-8-23(19)28)12-21-20-10-9-18(26)13-22(20)27-25(21)31/h2-3,7-10,12-14,16H,4-6,11,15H2,1H3,(H,27,31)/b21-12+. The number of hydrogen-bond acceptors (Lipinski definition) is 2. The summed E-state index contributed by atoms with van der Waals surface area (Å²) in [5.41, 5.74) is 4.07. The molecule has 1 atom stereocenters. The van der Waals surface area contributed by atoms with Crippen LogP contribution in [0.3, 0.4) is 0 Å². The smallest absolute Gasteiger partial charge is 0.256 e. The summed E-state index contributed by atoms with van der Waals surface area (Å²) in [5.74, 6) is -0.00179. The molecule has 0 saturated carbocycles. The fourth-order valence-corrected chi connectivity index (χ4v) is 4.86. The third-order valence-electron chi connectivity index (χ3n) is 6.31. The van der Waals surface area contributed by atoms with Gasteiger partial charge in [-0.25, -0.2) is 0 Å². The van der Waals surface area contributed by atoms with Crippen LogP contribution in [-0.4, -0.2) is 33.9 Å². The molecule has 31 heavy (non-hydrogen) atoms. The van der Waals surface area contributed by atoms with Crippen LogP contribution in [0.4, 0.5) is 5.69 Å². The maximum atomic E-state index is 13.0. The molecule has 0 aliphatic carbocycles. The molecule has 0 radical (unpaired) electrons. The molecule has 2 amide bonds. The molecular weight excluding hydrogens is 410 g/mol. The van der Waals surface area contributed by atoms with E-state index in [-0.39, 0.29) is 17.9 Å². The molecule has 1 N–H and O–H groups in total. The molecule has 1 fully saturated rings. The average Bonchev–Trinajstić information content (AvgIpc) is 3.25. The van der Waals surface area contributed by atoms with Crippen LogP contribution in [0.2, 0.25) is 5.02 Å². The van der Waals surface area contributed by atoms with Crippen molar-refractivity contribution in [3.63, 3.8) is 0 Å². The summed E-state index contributed by atoms with van der Waals surface area (Å²) < 4.78 is 2.00. The molecule has 6 heteroatoms. The second-order valence-corrected chi connectivity index (χ2v) is 8.80. The lowest BCUT2D eigenvalue weighted by Crippen LogP contribution is -2.43. The van der Waals surface area contributed by atoms with E-state index in [9.17, 15) is 9.59 Å². The Morgan fingerprint density at radius 3 is 2.90 bits per heavy atom. The van der Waals surface area contributed by atoms with Crippen LogP contribution >= 0.6 is 11.6 Å². The van der Waals surface area contributed by atoms with Crippen molar-refractivity contribution in [1.29, 1.82) is 0 Å². The minimum atomic E-state index is -0.146. The molecule has 0 spiro atoms. The van der Waals surface area contributed by atoms with Crippen molar-refractivity contribution in [2.75, 3.05) is 11.9 Å². The fourth-order valence-electron chi connectivity index (χ4n) is 4.69.